The Kier molecular flexibility index (Phi) is 4.26. The molecule has 0 saturated heterocycles. The Hall–Kier alpha value is -3.20. The Labute approximate surface area is 177 Å². The first kappa shape index (κ1) is 17.6. The average Bonchev–Trinajstić information content (AvgIpc) is 3.08. The molecule has 0 fully saturated rings. The molecule has 4 aromatic carbocycles. The average molecular weight is 389 g/mol. The van der Waals surface area contributed by atoms with Crippen LogP contribution in [0.2, 0.25) is 0 Å². The first-order valence-corrected chi connectivity index (χ1v) is 10.7. The first-order valence-electron chi connectivity index (χ1n) is 10.7. The van der Waals surface area contributed by atoms with Crippen molar-refractivity contribution in [3.63, 3.8) is 0 Å². The summed E-state index contributed by atoms with van der Waals surface area (Å²) in [6, 6.07) is 35.7. The molecule has 2 aliphatic rings. The molecule has 146 valence electrons. The minimum Gasteiger partial charge on any atom is -0.304 e. The number of rotatable bonds is 1. The molecule has 4 aromatic rings. The minimum absolute atomic E-state index is 0.184. The molecule has 0 saturated carbocycles. The van der Waals surface area contributed by atoms with E-state index in [1.54, 1.807) is 0 Å². The van der Waals surface area contributed by atoms with Crippen LogP contribution in [-0.2, 0) is 13.1 Å². The second kappa shape index (κ2) is 7.24. The third-order valence-electron chi connectivity index (χ3n) is 6.56. The predicted molar refractivity (Wildman–Crippen MR) is 123 cm³/mol. The summed E-state index contributed by atoms with van der Waals surface area (Å²) in [5.41, 5.74) is 10.8. The third-order valence-corrected chi connectivity index (χ3v) is 6.56. The topological polar surface area (TPSA) is 24.1 Å². The maximum atomic E-state index is 3.90. The SMILES string of the molecule is c1ccc2c(c1)CN[C@H]([C@H]1NCc3ccccc3-c3ccccc31)c1ccccc1-2. The first-order chi connectivity index (χ1) is 14.9. The third kappa shape index (κ3) is 2.80. The molecule has 2 N–H and O–H groups in total. The van der Waals surface area contributed by atoms with E-state index in [1.807, 2.05) is 0 Å². The van der Waals surface area contributed by atoms with Crippen molar-refractivity contribution >= 4 is 0 Å². The van der Waals surface area contributed by atoms with Gasteiger partial charge in [-0.1, -0.05) is 97.1 Å². The van der Waals surface area contributed by atoms with Gasteiger partial charge in [-0.2, -0.15) is 0 Å². The van der Waals surface area contributed by atoms with E-state index in [1.165, 1.54) is 44.5 Å². The highest BCUT2D eigenvalue weighted by Gasteiger charge is 2.32. The van der Waals surface area contributed by atoms with Crippen LogP contribution in [0, 0.1) is 0 Å². The van der Waals surface area contributed by atoms with Gasteiger partial charge in [-0.15, -0.1) is 0 Å². The molecule has 2 heteroatoms. The largest absolute Gasteiger partial charge is 0.304 e. The van der Waals surface area contributed by atoms with Crippen molar-refractivity contribution in [3.05, 3.63) is 119 Å². The molecule has 0 radical (unpaired) electrons. The summed E-state index contributed by atoms with van der Waals surface area (Å²) in [7, 11) is 0. The van der Waals surface area contributed by atoms with Crippen molar-refractivity contribution in [2.45, 2.75) is 25.2 Å². The van der Waals surface area contributed by atoms with Gasteiger partial charge in [0.05, 0.1) is 12.1 Å². The zero-order chi connectivity index (χ0) is 19.9. The van der Waals surface area contributed by atoms with Gasteiger partial charge in [0.15, 0.2) is 0 Å². The zero-order valence-corrected chi connectivity index (χ0v) is 16.8. The molecular weight excluding hydrogens is 364 g/mol. The molecule has 0 bridgehead atoms. The quantitative estimate of drug-likeness (QED) is 0.417. The molecule has 0 spiro atoms. The maximum absolute atomic E-state index is 3.90. The molecule has 6 rings (SSSR count). The molecule has 2 atom stereocenters. The second-order valence-electron chi connectivity index (χ2n) is 8.21. The van der Waals surface area contributed by atoms with Crippen LogP contribution in [0.25, 0.3) is 22.3 Å². The lowest BCUT2D eigenvalue weighted by Gasteiger charge is -2.30. The Bertz CT molecular complexity index is 1130. The summed E-state index contributed by atoms with van der Waals surface area (Å²) >= 11 is 0. The van der Waals surface area contributed by atoms with E-state index in [4.69, 9.17) is 0 Å². The van der Waals surface area contributed by atoms with Crippen molar-refractivity contribution in [1.82, 2.24) is 10.6 Å². The number of benzene rings is 4. The van der Waals surface area contributed by atoms with Gasteiger partial charge < -0.3 is 10.6 Å². The summed E-state index contributed by atoms with van der Waals surface area (Å²) in [6.45, 7) is 1.73. The molecule has 0 aliphatic carbocycles. The highest BCUT2D eigenvalue weighted by molar-refractivity contribution is 5.75. The van der Waals surface area contributed by atoms with Gasteiger partial charge in [0.2, 0.25) is 0 Å². The van der Waals surface area contributed by atoms with Crippen molar-refractivity contribution in [2.75, 3.05) is 0 Å². The molecule has 0 aromatic heterocycles. The summed E-state index contributed by atoms with van der Waals surface area (Å²) in [5, 5.41) is 7.79. The van der Waals surface area contributed by atoms with E-state index in [0.717, 1.165) is 13.1 Å². The lowest BCUT2D eigenvalue weighted by molar-refractivity contribution is 0.387. The van der Waals surface area contributed by atoms with Gasteiger partial charge in [-0.3, -0.25) is 0 Å². The van der Waals surface area contributed by atoms with Crippen molar-refractivity contribution in [3.8, 4) is 22.3 Å². The van der Waals surface area contributed by atoms with Gasteiger partial charge in [-0.05, 0) is 44.5 Å². The van der Waals surface area contributed by atoms with Crippen LogP contribution in [0.3, 0.4) is 0 Å². The van der Waals surface area contributed by atoms with Gasteiger partial charge in [-0.25, -0.2) is 0 Å². The number of nitrogens with one attached hydrogen (secondary N) is 2. The van der Waals surface area contributed by atoms with Crippen LogP contribution < -0.4 is 10.6 Å². The van der Waals surface area contributed by atoms with Crippen LogP contribution >= 0.6 is 0 Å². The Balaban J connectivity index is 1.52. The fourth-order valence-electron chi connectivity index (χ4n) is 5.16. The van der Waals surface area contributed by atoms with E-state index in [-0.39, 0.29) is 12.1 Å². The van der Waals surface area contributed by atoms with Crippen LogP contribution in [0.1, 0.15) is 34.3 Å². The van der Waals surface area contributed by atoms with E-state index in [0.29, 0.717) is 0 Å². The Morgan fingerprint density at radius 3 is 1.27 bits per heavy atom. The molecule has 0 unspecified atom stereocenters. The summed E-state index contributed by atoms with van der Waals surface area (Å²) < 4.78 is 0. The fourth-order valence-corrected chi connectivity index (χ4v) is 5.16. The van der Waals surface area contributed by atoms with Crippen LogP contribution in [0.4, 0.5) is 0 Å². The van der Waals surface area contributed by atoms with Gasteiger partial charge in [0, 0.05) is 13.1 Å². The monoisotopic (exact) mass is 388 g/mol. The maximum Gasteiger partial charge on any atom is 0.0527 e. The second-order valence-corrected chi connectivity index (χ2v) is 8.21. The fraction of sp³-hybridized carbons (Fsp3) is 0.143. The van der Waals surface area contributed by atoms with Gasteiger partial charge in [0.25, 0.3) is 0 Å². The van der Waals surface area contributed by atoms with Crippen LogP contribution in [0.15, 0.2) is 97.1 Å². The van der Waals surface area contributed by atoms with Crippen molar-refractivity contribution < 1.29 is 0 Å². The Morgan fingerprint density at radius 2 is 0.800 bits per heavy atom. The lowest BCUT2D eigenvalue weighted by Crippen LogP contribution is -2.34. The van der Waals surface area contributed by atoms with Gasteiger partial charge >= 0.3 is 0 Å². The van der Waals surface area contributed by atoms with Crippen molar-refractivity contribution in [1.29, 1.82) is 0 Å². The number of hydrogen-bond acceptors (Lipinski definition) is 2. The van der Waals surface area contributed by atoms with Gasteiger partial charge in [0.1, 0.15) is 0 Å². The number of fused-ring (bicyclic) bond motifs is 6. The molecule has 30 heavy (non-hydrogen) atoms. The molecule has 0 amide bonds. The van der Waals surface area contributed by atoms with E-state index in [2.05, 4.69) is 108 Å². The molecule has 2 heterocycles. The van der Waals surface area contributed by atoms with E-state index < -0.39 is 0 Å². The Morgan fingerprint density at radius 1 is 0.433 bits per heavy atom. The zero-order valence-electron chi connectivity index (χ0n) is 16.8. The van der Waals surface area contributed by atoms with Crippen LogP contribution in [-0.4, -0.2) is 0 Å². The lowest BCUT2D eigenvalue weighted by atomic mass is 9.86. The standard InChI is InChI=1S/C28H24N2/c1-3-11-21-19(9-1)17-29-27(25-15-7-5-13-23(21)25)28-26-16-8-6-14-24(26)22-12-4-2-10-20(22)18-30-28/h1-16,27-30H,17-18H2/t27-,28-/m0/s1. The van der Waals surface area contributed by atoms with Crippen molar-refractivity contribution in [2.24, 2.45) is 0 Å². The molecular formula is C28H24N2. The minimum atomic E-state index is 0.184. The van der Waals surface area contributed by atoms with E-state index >= 15 is 0 Å². The molecule has 2 aliphatic heterocycles. The van der Waals surface area contributed by atoms with Crippen LogP contribution in [0.5, 0.6) is 0 Å². The highest BCUT2D eigenvalue weighted by atomic mass is 15.0. The molecule has 2 nitrogen and oxygen atoms in total. The highest BCUT2D eigenvalue weighted by Crippen LogP contribution is 2.43. The number of hydrogen-bond donors (Lipinski definition) is 2. The smallest absolute Gasteiger partial charge is 0.0527 e. The summed E-state index contributed by atoms with van der Waals surface area (Å²) in [5.74, 6) is 0. The summed E-state index contributed by atoms with van der Waals surface area (Å²) in [6.07, 6.45) is 0. The predicted octanol–water partition coefficient (Wildman–Crippen LogP) is 6.01. The van der Waals surface area contributed by atoms with E-state index in [9.17, 15) is 0 Å². The normalized spacial score (nSPS) is 19.5. The summed E-state index contributed by atoms with van der Waals surface area (Å²) in [4.78, 5) is 0.